The quantitative estimate of drug-likeness (QED) is 0.796. The van der Waals surface area contributed by atoms with E-state index < -0.39 is 29.4 Å². The van der Waals surface area contributed by atoms with Gasteiger partial charge in [0.05, 0.1) is 11.1 Å². The van der Waals surface area contributed by atoms with E-state index in [1.54, 1.807) is 0 Å². The van der Waals surface area contributed by atoms with Gasteiger partial charge in [0.25, 0.3) is 0 Å². The Morgan fingerprint density at radius 1 is 1.00 bits per heavy atom. The second kappa shape index (κ2) is 5.38. The molecule has 0 saturated heterocycles. The zero-order valence-electron chi connectivity index (χ0n) is 12.1. The number of nitrogens with two attached hydrogens (primary N) is 1. The fraction of sp³-hybridized carbons (Fsp3) is 0.429. The summed E-state index contributed by atoms with van der Waals surface area (Å²) in [5.74, 6) is -0.488. The summed E-state index contributed by atoms with van der Waals surface area (Å²) in [5, 5.41) is 3.91. The highest BCUT2D eigenvalue weighted by molar-refractivity contribution is 5.38. The van der Waals surface area contributed by atoms with Crippen LogP contribution in [-0.4, -0.2) is 14.8 Å². The molecule has 3 rings (SSSR count). The van der Waals surface area contributed by atoms with Gasteiger partial charge in [-0.15, -0.1) is 5.10 Å². The minimum Gasteiger partial charge on any atom is -0.366 e. The summed E-state index contributed by atoms with van der Waals surface area (Å²) in [5.41, 5.74) is 2.73. The number of rotatable bonds is 1. The van der Waals surface area contributed by atoms with Crippen molar-refractivity contribution in [2.75, 3.05) is 5.73 Å². The molecule has 0 radical (unpaired) electrons. The number of nitrogens with zero attached hydrogens (tertiary/aromatic N) is 3. The number of aryl methyl sites for hydroxylation is 1. The minimum absolute atomic E-state index is 0.0556. The van der Waals surface area contributed by atoms with Crippen LogP contribution < -0.4 is 5.73 Å². The molecule has 0 saturated carbocycles. The number of hydrogen-bond acceptors (Lipinski definition) is 3. The minimum atomic E-state index is -4.88. The molecule has 4 nitrogen and oxygen atoms in total. The summed E-state index contributed by atoms with van der Waals surface area (Å²) in [4.78, 5) is 3.96. The Hall–Kier alpha value is -2.26. The number of fused-ring (bicyclic) bond motifs is 1. The van der Waals surface area contributed by atoms with Crippen LogP contribution in [0.25, 0.3) is 0 Å². The molecule has 1 aromatic heterocycles. The molecule has 1 aliphatic rings. The fourth-order valence-corrected chi connectivity index (χ4v) is 2.86. The number of hydrogen-bond donors (Lipinski definition) is 1. The van der Waals surface area contributed by atoms with Gasteiger partial charge in [-0.05, 0) is 36.6 Å². The van der Waals surface area contributed by atoms with Crippen LogP contribution in [0.2, 0.25) is 0 Å². The van der Waals surface area contributed by atoms with E-state index in [0.717, 1.165) is 12.1 Å². The van der Waals surface area contributed by atoms with Crippen molar-refractivity contribution in [3.63, 3.8) is 0 Å². The summed E-state index contributed by atoms with van der Waals surface area (Å²) in [6, 6.07) is 1.59. The van der Waals surface area contributed by atoms with Gasteiger partial charge in [-0.1, -0.05) is 0 Å². The molecule has 1 aromatic carbocycles. The number of alkyl halides is 6. The summed E-state index contributed by atoms with van der Waals surface area (Å²) in [7, 11) is 0. The van der Waals surface area contributed by atoms with Crippen molar-refractivity contribution in [2.24, 2.45) is 0 Å². The third kappa shape index (κ3) is 3.04. The van der Waals surface area contributed by atoms with E-state index in [9.17, 15) is 26.3 Å². The first-order valence-electron chi connectivity index (χ1n) is 7.05. The topological polar surface area (TPSA) is 56.7 Å². The van der Waals surface area contributed by atoms with Crippen LogP contribution >= 0.6 is 0 Å². The first-order chi connectivity index (χ1) is 11.1. The SMILES string of the molecule is Nc1nc2n(n1)CCCC2c1cc(C(F)(F)F)cc(C(F)(F)F)c1. The van der Waals surface area contributed by atoms with Gasteiger partial charge in [0.15, 0.2) is 0 Å². The van der Waals surface area contributed by atoms with Gasteiger partial charge in [0.2, 0.25) is 5.95 Å². The van der Waals surface area contributed by atoms with Crippen molar-refractivity contribution < 1.29 is 26.3 Å². The van der Waals surface area contributed by atoms with E-state index in [0.29, 0.717) is 19.4 Å². The van der Waals surface area contributed by atoms with E-state index >= 15 is 0 Å². The molecule has 2 N–H and O–H groups in total. The Kier molecular flexibility index (Phi) is 3.72. The van der Waals surface area contributed by atoms with Crippen LogP contribution in [-0.2, 0) is 18.9 Å². The lowest BCUT2D eigenvalue weighted by Crippen LogP contribution is -2.19. The molecule has 1 atom stereocenters. The Labute approximate surface area is 132 Å². The van der Waals surface area contributed by atoms with Crippen LogP contribution in [0.4, 0.5) is 32.3 Å². The highest BCUT2D eigenvalue weighted by atomic mass is 19.4. The number of aromatic nitrogens is 3. The summed E-state index contributed by atoms with van der Waals surface area (Å²) in [6.45, 7) is 0.473. The van der Waals surface area contributed by atoms with E-state index in [1.165, 1.54) is 4.68 Å². The first-order valence-corrected chi connectivity index (χ1v) is 7.05. The standard InChI is InChI=1S/C14H12F6N4/c15-13(16,17)8-4-7(5-9(6-8)14(18,19)20)10-2-1-3-24-11(10)22-12(21)23-24/h4-6,10H,1-3H2,(H2,21,23). The van der Waals surface area contributed by atoms with Crippen LogP contribution in [0.5, 0.6) is 0 Å². The van der Waals surface area contributed by atoms with Crippen LogP contribution in [0.1, 0.15) is 41.3 Å². The summed E-state index contributed by atoms with van der Waals surface area (Å²) >= 11 is 0. The molecule has 1 aliphatic heterocycles. The van der Waals surface area contributed by atoms with Crippen molar-refractivity contribution in [3.8, 4) is 0 Å². The molecule has 0 bridgehead atoms. The highest BCUT2D eigenvalue weighted by Crippen LogP contribution is 2.40. The molecule has 0 amide bonds. The van der Waals surface area contributed by atoms with Gasteiger partial charge in [-0.2, -0.15) is 31.3 Å². The zero-order chi connectivity index (χ0) is 17.7. The molecule has 130 valence electrons. The monoisotopic (exact) mass is 350 g/mol. The first kappa shape index (κ1) is 16.6. The van der Waals surface area contributed by atoms with Gasteiger partial charge in [0, 0.05) is 12.5 Å². The zero-order valence-corrected chi connectivity index (χ0v) is 12.1. The van der Waals surface area contributed by atoms with Gasteiger partial charge < -0.3 is 5.73 Å². The van der Waals surface area contributed by atoms with Crippen molar-refractivity contribution in [1.29, 1.82) is 0 Å². The number of anilines is 1. The van der Waals surface area contributed by atoms with Gasteiger partial charge in [-0.3, -0.25) is 0 Å². The van der Waals surface area contributed by atoms with Gasteiger partial charge >= 0.3 is 12.4 Å². The molecule has 0 fully saturated rings. The molecule has 2 aromatic rings. The Bertz CT molecular complexity index is 729. The second-order valence-electron chi connectivity index (χ2n) is 5.59. The van der Waals surface area contributed by atoms with E-state index in [1.807, 2.05) is 0 Å². The van der Waals surface area contributed by atoms with Gasteiger partial charge in [-0.25, -0.2) is 4.68 Å². The summed E-state index contributed by atoms with van der Waals surface area (Å²) < 4.78 is 79.3. The molecule has 10 heteroatoms. The lowest BCUT2D eigenvalue weighted by atomic mass is 9.88. The molecule has 24 heavy (non-hydrogen) atoms. The van der Waals surface area contributed by atoms with E-state index in [-0.39, 0.29) is 23.4 Å². The van der Waals surface area contributed by atoms with Crippen molar-refractivity contribution in [3.05, 3.63) is 40.7 Å². The molecular weight excluding hydrogens is 338 g/mol. The van der Waals surface area contributed by atoms with Crippen molar-refractivity contribution in [2.45, 2.75) is 37.7 Å². The Morgan fingerprint density at radius 2 is 1.58 bits per heavy atom. The predicted molar refractivity (Wildman–Crippen MR) is 72.0 cm³/mol. The molecule has 0 spiro atoms. The average Bonchev–Trinajstić information content (AvgIpc) is 2.84. The smallest absolute Gasteiger partial charge is 0.366 e. The average molecular weight is 350 g/mol. The predicted octanol–water partition coefficient (Wildman–Crippen LogP) is 3.82. The number of nitrogen functional groups attached to an aromatic ring is 1. The van der Waals surface area contributed by atoms with E-state index in [4.69, 9.17) is 5.73 Å². The Balaban J connectivity index is 2.14. The highest BCUT2D eigenvalue weighted by Gasteiger charge is 2.38. The fourth-order valence-electron chi connectivity index (χ4n) is 2.86. The third-order valence-corrected chi connectivity index (χ3v) is 3.90. The lowest BCUT2D eigenvalue weighted by molar-refractivity contribution is -0.143. The molecule has 2 heterocycles. The number of benzene rings is 1. The maximum atomic E-state index is 13.0. The van der Waals surface area contributed by atoms with Crippen molar-refractivity contribution >= 4 is 5.95 Å². The van der Waals surface area contributed by atoms with Crippen molar-refractivity contribution in [1.82, 2.24) is 14.8 Å². The maximum Gasteiger partial charge on any atom is 0.416 e. The largest absolute Gasteiger partial charge is 0.416 e. The normalized spacial score (nSPS) is 18.5. The van der Waals surface area contributed by atoms with Crippen LogP contribution in [0.3, 0.4) is 0 Å². The molecular formula is C14H12F6N4. The molecule has 0 aliphatic carbocycles. The summed E-state index contributed by atoms with van der Waals surface area (Å²) in [6.07, 6.45) is -8.83. The molecule has 1 unspecified atom stereocenters. The lowest BCUT2D eigenvalue weighted by Gasteiger charge is -2.24. The van der Waals surface area contributed by atoms with Crippen LogP contribution in [0.15, 0.2) is 18.2 Å². The maximum absolute atomic E-state index is 13.0. The third-order valence-electron chi connectivity index (χ3n) is 3.90. The second-order valence-corrected chi connectivity index (χ2v) is 5.59. The number of halogens is 6. The van der Waals surface area contributed by atoms with Crippen LogP contribution in [0, 0.1) is 0 Å². The van der Waals surface area contributed by atoms with E-state index in [2.05, 4.69) is 10.1 Å². The van der Waals surface area contributed by atoms with Gasteiger partial charge in [0.1, 0.15) is 5.82 Å². The Morgan fingerprint density at radius 3 is 2.12 bits per heavy atom.